The summed E-state index contributed by atoms with van der Waals surface area (Å²) in [5, 5.41) is 0. The Morgan fingerprint density at radius 3 is 2.69 bits per heavy atom. The fraction of sp³-hybridized carbons (Fsp3) is 0.300. The monoisotopic (exact) mass is 369 g/mol. The highest BCUT2D eigenvalue weighted by molar-refractivity contribution is 7.98. The lowest BCUT2D eigenvalue weighted by molar-refractivity contribution is -0.127. The minimum atomic E-state index is -0.728. The molecule has 0 spiro atoms. The SMILES string of the molecule is CSCC[C@H](N)C(=O)N1C(=O)C(C)c2ccccc2-c2c(N)cccc21. The third kappa shape index (κ3) is 3.10. The molecule has 2 aromatic rings. The molecule has 6 heteroatoms. The van der Waals surface area contributed by atoms with Crippen LogP contribution in [0.2, 0.25) is 0 Å². The van der Waals surface area contributed by atoms with E-state index in [4.69, 9.17) is 11.5 Å². The second-order valence-electron chi connectivity index (χ2n) is 6.45. The molecule has 1 aliphatic heterocycles. The first-order valence-corrected chi connectivity index (χ1v) is 9.96. The summed E-state index contributed by atoms with van der Waals surface area (Å²) in [4.78, 5) is 27.5. The van der Waals surface area contributed by atoms with E-state index in [9.17, 15) is 9.59 Å². The number of carbonyl (C=O) groups excluding carboxylic acids is 2. The third-order valence-corrected chi connectivity index (χ3v) is 5.42. The molecule has 0 saturated heterocycles. The Balaban J connectivity index is 2.18. The quantitative estimate of drug-likeness (QED) is 0.809. The van der Waals surface area contributed by atoms with Crippen LogP contribution in [0, 0.1) is 0 Å². The Morgan fingerprint density at radius 1 is 1.23 bits per heavy atom. The molecule has 2 atom stereocenters. The Kier molecular flexibility index (Phi) is 5.34. The topological polar surface area (TPSA) is 89.4 Å². The Bertz CT molecular complexity index is 853. The highest BCUT2D eigenvalue weighted by Crippen LogP contribution is 2.44. The molecule has 2 amide bonds. The standard InChI is InChI=1S/C20H23N3O2S/c1-12-13-6-3-4-7-14(13)18-15(21)8-5-9-17(18)23(19(12)24)20(25)16(22)10-11-26-2/h3-9,12,16H,10-11,21-22H2,1-2H3/t12?,16-/m0/s1. The predicted molar refractivity (Wildman–Crippen MR) is 108 cm³/mol. The maximum absolute atomic E-state index is 13.2. The van der Waals surface area contributed by atoms with Crippen LogP contribution >= 0.6 is 11.8 Å². The van der Waals surface area contributed by atoms with Crippen molar-refractivity contribution in [2.24, 2.45) is 5.73 Å². The van der Waals surface area contributed by atoms with E-state index in [1.165, 1.54) is 4.90 Å². The van der Waals surface area contributed by atoms with Crippen LogP contribution in [-0.4, -0.2) is 29.9 Å². The van der Waals surface area contributed by atoms with E-state index in [0.29, 0.717) is 23.4 Å². The van der Waals surface area contributed by atoms with Gasteiger partial charge in [-0.3, -0.25) is 9.59 Å². The van der Waals surface area contributed by atoms with Crippen LogP contribution in [0.15, 0.2) is 42.5 Å². The second kappa shape index (κ2) is 7.51. The largest absolute Gasteiger partial charge is 0.398 e. The number of anilines is 2. The lowest BCUT2D eigenvalue weighted by atomic mass is 9.92. The zero-order valence-electron chi connectivity index (χ0n) is 14.9. The van der Waals surface area contributed by atoms with Gasteiger partial charge in [0.15, 0.2) is 0 Å². The van der Waals surface area contributed by atoms with E-state index in [1.807, 2.05) is 37.4 Å². The molecule has 5 nitrogen and oxygen atoms in total. The maximum atomic E-state index is 13.2. The number of hydrogen-bond donors (Lipinski definition) is 2. The average Bonchev–Trinajstić information content (AvgIpc) is 2.74. The fourth-order valence-electron chi connectivity index (χ4n) is 3.35. The number of rotatable bonds is 4. The van der Waals surface area contributed by atoms with E-state index >= 15 is 0 Å². The van der Waals surface area contributed by atoms with Crippen LogP contribution in [0.1, 0.15) is 24.8 Å². The van der Waals surface area contributed by atoms with Crippen molar-refractivity contribution in [3.05, 3.63) is 48.0 Å². The van der Waals surface area contributed by atoms with Gasteiger partial charge in [0.25, 0.3) is 5.91 Å². The first-order valence-electron chi connectivity index (χ1n) is 8.57. The minimum Gasteiger partial charge on any atom is -0.398 e. The summed E-state index contributed by atoms with van der Waals surface area (Å²) in [6.45, 7) is 1.82. The van der Waals surface area contributed by atoms with Gasteiger partial charge in [0.05, 0.1) is 17.6 Å². The number of thioether (sulfide) groups is 1. The molecule has 2 aromatic carbocycles. The number of fused-ring (bicyclic) bond motifs is 3. The van der Waals surface area contributed by atoms with Crippen LogP contribution in [0.4, 0.5) is 11.4 Å². The van der Waals surface area contributed by atoms with Gasteiger partial charge in [0, 0.05) is 11.3 Å². The van der Waals surface area contributed by atoms with Gasteiger partial charge in [0.1, 0.15) is 0 Å². The molecule has 4 N–H and O–H groups in total. The van der Waals surface area contributed by atoms with E-state index < -0.39 is 12.0 Å². The van der Waals surface area contributed by atoms with Gasteiger partial charge in [-0.15, -0.1) is 0 Å². The normalized spacial score (nSPS) is 17.3. The highest BCUT2D eigenvalue weighted by atomic mass is 32.2. The molecule has 0 fully saturated rings. The van der Waals surface area contributed by atoms with E-state index in [-0.39, 0.29) is 11.8 Å². The number of amides is 2. The van der Waals surface area contributed by atoms with Gasteiger partial charge < -0.3 is 11.5 Å². The molecule has 0 aliphatic carbocycles. The smallest absolute Gasteiger partial charge is 0.250 e. The van der Waals surface area contributed by atoms with Crippen LogP contribution in [0.3, 0.4) is 0 Å². The Labute approximate surface area is 157 Å². The van der Waals surface area contributed by atoms with Crippen molar-refractivity contribution in [1.82, 2.24) is 0 Å². The number of nitrogens with two attached hydrogens (primary N) is 2. The number of imide groups is 1. The van der Waals surface area contributed by atoms with Crippen LogP contribution in [-0.2, 0) is 9.59 Å². The maximum Gasteiger partial charge on any atom is 0.250 e. The molecule has 1 heterocycles. The molecule has 0 saturated carbocycles. The fourth-order valence-corrected chi connectivity index (χ4v) is 3.84. The van der Waals surface area contributed by atoms with Crippen LogP contribution < -0.4 is 16.4 Å². The summed E-state index contributed by atoms with van der Waals surface area (Å²) < 4.78 is 0. The summed E-state index contributed by atoms with van der Waals surface area (Å²) in [5.41, 5.74) is 15.9. The minimum absolute atomic E-state index is 0.272. The number of nitrogens with zero attached hydrogens (tertiary/aromatic N) is 1. The summed E-state index contributed by atoms with van der Waals surface area (Å²) in [6.07, 6.45) is 2.48. The van der Waals surface area contributed by atoms with Crippen molar-refractivity contribution in [1.29, 1.82) is 0 Å². The first-order chi connectivity index (χ1) is 12.5. The molecule has 0 aromatic heterocycles. The summed E-state index contributed by atoms with van der Waals surface area (Å²) >= 11 is 1.62. The van der Waals surface area contributed by atoms with Crippen molar-refractivity contribution in [3.63, 3.8) is 0 Å². The number of benzene rings is 2. The van der Waals surface area contributed by atoms with Crippen LogP contribution in [0.5, 0.6) is 0 Å². The van der Waals surface area contributed by atoms with Crippen molar-refractivity contribution in [3.8, 4) is 11.1 Å². The average molecular weight is 369 g/mol. The van der Waals surface area contributed by atoms with Gasteiger partial charge in [-0.2, -0.15) is 11.8 Å². The predicted octanol–water partition coefficient (Wildman–Crippen LogP) is 2.99. The highest BCUT2D eigenvalue weighted by Gasteiger charge is 2.37. The molecule has 1 unspecified atom stereocenters. The second-order valence-corrected chi connectivity index (χ2v) is 7.44. The lowest BCUT2D eigenvalue weighted by Gasteiger charge is -2.26. The van der Waals surface area contributed by atoms with E-state index in [0.717, 1.165) is 16.9 Å². The van der Waals surface area contributed by atoms with Crippen LogP contribution in [0.25, 0.3) is 11.1 Å². The molecule has 0 radical (unpaired) electrons. The molecule has 26 heavy (non-hydrogen) atoms. The van der Waals surface area contributed by atoms with E-state index in [2.05, 4.69) is 0 Å². The molecule has 0 bridgehead atoms. The third-order valence-electron chi connectivity index (χ3n) is 4.77. The summed E-state index contributed by atoms with van der Waals surface area (Å²) in [5.74, 6) is -0.356. The number of nitrogen functional groups attached to an aromatic ring is 1. The first kappa shape index (κ1) is 18.5. The van der Waals surface area contributed by atoms with Gasteiger partial charge >= 0.3 is 0 Å². The molecule has 1 aliphatic rings. The van der Waals surface area contributed by atoms with Crippen molar-refractivity contribution in [2.75, 3.05) is 22.6 Å². The molecular formula is C20H23N3O2S. The molecule has 136 valence electrons. The van der Waals surface area contributed by atoms with E-state index in [1.54, 1.807) is 30.0 Å². The van der Waals surface area contributed by atoms with Gasteiger partial charge in [-0.1, -0.05) is 30.3 Å². The van der Waals surface area contributed by atoms with Crippen molar-refractivity contribution >= 4 is 35.0 Å². The number of carbonyl (C=O) groups is 2. The van der Waals surface area contributed by atoms with Gasteiger partial charge in [-0.05, 0) is 48.6 Å². The number of hydrogen-bond acceptors (Lipinski definition) is 5. The summed E-state index contributed by atoms with van der Waals surface area (Å²) in [7, 11) is 0. The zero-order chi connectivity index (χ0) is 18.8. The van der Waals surface area contributed by atoms with Crippen molar-refractivity contribution in [2.45, 2.75) is 25.3 Å². The van der Waals surface area contributed by atoms with Gasteiger partial charge in [0.2, 0.25) is 5.91 Å². The zero-order valence-corrected chi connectivity index (χ0v) is 15.8. The molecular weight excluding hydrogens is 346 g/mol. The lowest BCUT2D eigenvalue weighted by Crippen LogP contribution is -2.48. The Morgan fingerprint density at radius 2 is 1.96 bits per heavy atom. The summed E-state index contributed by atoms with van der Waals surface area (Å²) in [6, 6.07) is 12.2. The van der Waals surface area contributed by atoms with Gasteiger partial charge in [-0.25, -0.2) is 4.90 Å². The molecule has 3 rings (SSSR count). The van der Waals surface area contributed by atoms with Crippen molar-refractivity contribution < 1.29 is 9.59 Å². The Hall–Kier alpha value is -2.31.